The molecule has 0 spiro atoms. The molecule has 2 rings (SSSR count). The summed E-state index contributed by atoms with van der Waals surface area (Å²) < 4.78 is 6.45. The summed E-state index contributed by atoms with van der Waals surface area (Å²) in [5.41, 5.74) is 10.3. The van der Waals surface area contributed by atoms with Crippen LogP contribution in [0.15, 0.2) is 29.4 Å². The van der Waals surface area contributed by atoms with E-state index in [2.05, 4.69) is 15.1 Å². The number of carbonyl (C=O) groups is 1. The molecular weight excluding hydrogens is 274 g/mol. The van der Waals surface area contributed by atoms with E-state index >= 15 is 0 Å². The summed E-state index contributed by atoms with van der Waals surface area (Å²) in [5, 5.41) is 16.9. The maximum atomic E-state index is 11.3. The molecule has 1 aromatic carbocycles. The first-order chi connectivity index (χ1) is 10.1. The fourth-order valence-corrected chi connectivity index (χ4v) is 1.97. The summed E-state index contributed by atoms with van der Waals surface area (Å²) in [6.45, 7) is 1.78. The number of nitrogens with zero attached hydrogens (tertiary/aromatic N) is 5. The molecule has 8 nitrogen and oxygen atoms in total. The molecule has 1 aromatic heterocycles. The number of hydrogen-bond acceptors (Lipinski definition) is 4. The number of aromatic nitrogens is 2. The van der Waals surface area contributed by atoms with E-state index in [9.17, 15) is 9.90 Å². The van der Waals surface area contributed by atoms with Gasteiger partial charge in [-0.1, -0.05) is 5.11 Å². The minimum Gasteiger partial charge on any atom is -0.497 e. The number of hydrogen-bond donors (Lipinski definition) is 1. The molecule has 0 aliphatic heterocycles. The zero-order chi connectivity index (χ0) is 15.4. The Kier molecular flexibility index (Phi) is 4.10. The van der Waals surface area contributed by atoms with Gasteiger partial charge >= 0.3 is 5.97 Å². The van der Waals surface area contributed by atoms with E-state index in [0.717, 1.165) is 0 Å². The van der Waals surface area contributed by atoms with Crippen molar-refractivity contribution in [2.45, 2.75) is 13.5 Å². The van der Waals surface area contributed by atoms with Crippen molar-refractivity contribution in [2.75, 3.05) is 7.11 Å². The minimum atomic E-state index is -1.08. The molecular formula is C13H13N5O3. The van der Waals surface area contributed by atoms with Crippen molar-refractivity contribution in [2.24, 2.45) is 5.11 Å². The van der Waals surface area contributed by atoms with E-state index in [-0.39, 0.29) is 12.2 Å². The second-order valence-corrected chi connectivity index (χ2v) is 4.27. The molecule has 1 heterocycles. The lowest BCUT2D eigenvalue weighted by molar-refractivity contribution is 0.0687. The molecule has 1 N–H and O–H groups in total. The lowest BCUT2D eigenvalue weighted by atomic mass is 10.1. The molecule has 0 aliphatic carbocycles. The Hall–Kier alpha value is -2.99. The summed E-state index contributed by atoms with van der Waals surface area (Å²) in [7, 11) is 1.52. The first-order valence-electron chi connectivity index (χ1n) is 6.05. The molecule has 0 atom stereocenters. The average Bonchev–Trinajstić information content (AvgIpc) is 2.86. The van der Waals surface area contributed by atoms with Crippen LogP contribution in [0.2, 0.25) is 0 Å². The van der Waals surface area contributed by atoms with Crippen molar-refractivity contribution >= 4 is 5.97 Å². The molecule has 0 fully saturated rings. The second kappa shape index (κ2) is 5.98. The summed E-state index contributed by atoms with van der Waals surface area (Å²) >= 11 is 0. The minimum absolute atomic E-state index is 0.0415. The predicted octanol–water partition coefficient (Wildman–Crippen LogP) is 2.70. The van der Waals surface area contributed by atoms with Gasteiger partial charge in [0, 0.05) is 4.91 Å². The van der Waals surface area contributed by atoms with Gasteiger partial charge in [0.1, 0.15) is 5.75 Å². The summed E-state index contributed by atoms with van der Waals surface area (Å²) in [6, 6.07) is 6.54. The topological polar surface area (TPSA) is 113 Å². The van der Waals surface area contributed by atoms with Gasteiger partial charge in [-0.05, 0) is 42.3 Å². The molecule has 0 bridgehead atoms. The number of methoxy groups -OCH3 is 1. The van der Waals surface area contributed by atoms with Crippen LogP contribution in [0.3, 0.4) is 0 Å². The van der Waals surface area contributed by atoms with Crippen LogP contribution in [-0.2, 0) is 6.54 Å². The van der Waals surface area contributed by atoms with E-state index in [1.54, 1.807) is 25.1 Å². The maximum Gasteiger partial charge on any atom is 0.354 e. The molecule has 2 aromatic rings. The Morgan fingerprint density at radius 1 is 1.52 bits per heavy atom. The number of ether oxygens (including phenoxy) is 1. The van der Waals surface area contributed by atoms with Gasteiger partial charge in [0.05, 0.1) is 25.0 Å². The van der Waals surface area contributed by atoms with Crippen LogP contribution < -0.4 is 4.74 Å². The van der Waals surface area contributed by atoms with E-state index < -0.39 is 5.97 Å². The lowest BCUT2D eigenvalue weighted by Gasteiger charge is -2.11. The molecule has 0 aliphatic rings. The van der Waals surface area contributed by atoms with Crippen LogP contribution in [0.25, 0.3) is 16.1 Å². The highest BCUT2D eigenvalue weighted by atomic mass is 16.5. The fraction of sp³-hybridized carbons (Fsp3) is 0.231. The highest BCUT2D eigenvalue weighted by Gasteiger charge is 2.16. The standard InChI is InChI=1S/C13H13N5O3/c1-8-5-12(13(19)20)18(16-8)11-4-3-10(21-2)6-9(11)7-15-17-14/h3-6H,7H2,1-2H3,(H,19,20). The largest absolute Gasteiger partial charge is 0.497 e. The normalized spacial score (nSPS) is 10.0. The maximum absolute atomic E-state index is 11.3. The van der Waals surface area contributed by atoms with Crippen molar-refractivity contribution < 1.29 is 14.6 Å². The SMILES string of the molecule is COc1ccc(-n2nc(C)cc2C(=O)O)c(CN=[N+]=[N-])c1. The molecule has 0 radical (unpaired) electrons. The Morgan fingerprint density at radius 3 is 2.90 bits per heavy atom. The number of carboxylic acids is 1. The zero-order valence-corrected chi connectivity index (χ0v) is 11.5. The Bertz CT molecular complexity index is 731. The van der Waals surface area contributed by atoms with Crippen molar-refractivity contribution in [3.8, 4) is 11.4 Å². The Labute approximate surface area is 120 Å². The first-order valence-corrected chi connectivity index (χ1v) is 6.05. The third kappa shape index (κ3) is 2.96. The lowest BCUT2D eigenvalue weighted by Crippen LogP contribution is -2.10. The van der Waals surface area contributed by atoms with E-state index in [1.807, 2.05) is 0 Å². The van der Waals surface area contributed by atoms with Crippen molar-refractivity contribution in [1.82, 2.24) is 9.78 Å². The highest BCUT2D eigenvalue weighted by Crippen LogP contribution is 2.23. The Morgan fingerprint density at radius 2 is 2.29 bits per heavy atom. The van der Waals surface area contributed by atoms with Gasteiger partial charge in [0.25, 0.3) is 0 Å². The quantitative estimate of drug-likeness (QED) is 0.517. The van der Waals surface area contributed by atoms with Gasteiger partial charge < -0.3 is 9.84 Å². The molecule has 21 heavy (non-hydrogen) atoms. The van der Waals surface area contributed by atoms with Gasteiger partial charge in [0.15, 0.2) is 5.69 Å². The summed E-state index contributed by atoms with van der Waals surface area (Å²) in [4.78, 5) is 14.0. The van der Waals surface area contributed by atoms with Crippen LogP contribution in [0.5, 0.6) is 5.75 Å². The van der Waals surface area contributed by atoms with Crippen molar-refractivity contribution in [3.63, 3.8) is 0 Å². The number of aryl methyl sites for hydroxylation is 1. The molecule has 108 valence electrons. The van der Waals surface area contributed by atoms with Crippen LogP contribution in [0, 0.1) is 6.92 Å². The first kappa shape index (κ1) is 14.4. The van der Waals surface area contributed by atoms with Crippen LogP contribution >= 0.6 is 0 Å². The third-order valence-corrected chi connectivity index (χ3v) is 2.87. The molecule has 0 saturated heterocycles. The van der Waals surface area contributed by atoms with Crippen LogP contribution in [0.1, 0.15) is 21.7 Å². The fourth-order valence-electron chi connectivity index (χ4n) is 1.97. The Balaban J connectivity index is 2.62. The molecule has 8 heteroatoms. The summed E-state index contributed by atoms with van der Waals surface area (Å²) in [6.07, 6.45) is 0. The third-order valence-electron chi connectivity index (χ3n) is 2.87. The predicted molar refractivity (Wildman–Crippen MR) is 74.7 cm³/mol. The molecule has 0 unspecified atom stereocenters. The van der Waals surface area contributed by atoms with Gasteiger partial charge in [-0.25, -0.2) is 9.48 Å². The van der Waals surface area contributed by atoms with E-state index in [0.29, 0.717) is 22.7 Å². The smallest absolute Gasteiger partial charge is 0.354 e. The number of azide groups is 1. The number of benzene rings is 1. The number of aromatic carboxylic acids is 1. The van der Waals surface area contributed by atoms with Crippen LogP contribution in [-0.4, -0.2) is 28.0 Å². The van der Waals surface area contributed by atoms with Crippen LogP contribution in [0.4, 0.5) is 0 Å². The molecule has 0 saturated carbocycles. The van der Waals surface area contributed by atoms with Crippen molar-refractivity contribution in [1.29, 1.82) is 0 Å². The van der Waals surface area contributed by atoms with Gasteiger partial charge in [-0.2, -0.15) is 5.10 Å². The summed E-state index contributed by atoms with van der Waals surface area (Å²) in [5.74, 6) is -0.496. The monoisotopic (exact) mass is 287 g/mol. The average molecular weight is 287 g/mol. The van der Waals surface area contributed by atoms with Gasteiger partial charge in [-0.3, -0.25) is 0 Å². The van der Waals surface area contributed by atoms with Crippen molar-refractivity contribution in [3.05, 3.63) is 51.7 Å². The number of rotatable bonds is 5. The number of carboxylic acid groups (broad SMARTS) is 1. The van der Waals surface area contributed by atoms with E-state index in [1.165, 1.54) is 17.9 Å². The van der Waals surface area contributed by atoms with Gasteiger partial charge in [0.2, 0.25) is 0 Å². The van der Waals surface area contributed by atoms with Gasteiger partial charge in [-0.15, -0.1) is 0 Å². The zero-order valence-electron chi connectivity index (χ0n) is 11.5. The second-order valence-electron chi connectivity index (χ2n) is 4.27. The highest BCUT2D eigenvalue weighted by molar-refractivity contribution is 5.86. The van der Waals surface area contributed by atoms with E-state index in [4.69, 9.17) is 10.3 Å². The molecule has 0 amide bonds.